The fourth-order valence-corrected chi connectivity index (χ4v) is 7.86. The number of fused-ring (bicyclic) bond motifs is 2. The average Bonchev–Trinajstić information content (AvgIpc) is 3.19. The van der Waals surface area contributed by atoms with Gasteiger partial charge in [0.05, 0.1) is 19.8 Å². The largest absolute Gasteiger partial charge is 0.741 e. The first-order valence-corrected chi connectivity index (χ1v) is 20.6. The molecule has 0 spiro atoms. The van der Waals surface area contributed by atoms with E-state index in [1.807, 2.05) is 38.1 Å². The molecule has 0 aliphatic heterocycles. The first kappa shape index (κ1) is 42.4. The Labute approximate surface area is 328 Å². The van der Waals surface area contributed by atoms with Gasteiger partial charge in [0.15, 0.2) is 25.7 Å². The van der Waals surface area contributed by atoms with Gasteiger partial charge in [0, 0.05) is 19.6 Å². The van der Waals surface area contributed by atoms with E-state index in [0.29, 0.717) is 46.2 Å². The summed E-state index contributed by atoms with van der Waals surface area (Å²) in [4.78, 5) is 3.49. The van der Waals surface area contributed by atoms with Crippen LogP contribution < -0.4 is 14.2 Å². The molecule has 0 atom stereocenters. The third-order valence-electron chi connectivity index (χ3n) is 8.34. The van der Waals surface area contributed by atoms with Gasteiger partial charge in [-0.15, -0.1) is 0 Å². The van der Waals surface area contributed by atoms with Gasteiger partial charge in [-0.1, -0.05) is 54.6 Å². The van der Waals surface area contributed by atoms with E-state index in [-0.39, 0.29) is 0 Å². The van der Waals surface area contributed by atoms with Crippen molar-refractivity contribution >= 4 is 42.6 Å². The Morgan fingerprint density at radius 3 is 1.62 bits per heavy atom. The van der Waals surface area contributed by atoms with E-state index >= 15 is 0 Å². The second-order valence-corrected chi connectivity index (χ2v) is 15.5. The SMILES string of the molecule is CCOCCOc1ccc([S+](c2ccc(OCCOCC)cc2)c2ccccc2OCCc2cccc3cc4ccccc4cc23)cc1.O=S(=O)([O-])C(F)(F)F. The van der Waals surface area contributed by atoms with Gasteiger partial charge < -0.3 is 28.2 Å². The van der Waals surface area contributed by atoms with Crippen molar-refractivity contribution in [3.05, 3.63) is 133 Å². The molecule has 0 aliphatic rings. The summed E-state index contributed by atoms with van der Waals surface area (Å²) >= 11 is 0. The number of halogens is 3. The molecule has 0 fully saturated rings. The van der Waals surface area contributed by atoms with Crippen LogP contribution in [0.15, 0.2) is 142 Å². The molecule has 56 heavy (non-hydrogen) atoms. The number of rotatable bonds is 17. The van der Waals surface area contributed by atoms with Crippen molar-refractivity contribution in [1.29, 1.82) is 0 Å². The van der Waals surface area contributed by atoms with Crippen molar-refractivity contribution < 1.29 is 49.8 Å². The Morgan fingerprint density at radius 2 is 1.09 bits per heavy atom. The van der Waals surface area contributed by atoms with Crippen molar-refractivity contribution in [2.45, 2.75) is 40.5 Å². The van der Waals surface area contributed by atoms with Crippen LogP contribution in [-0.4, -0.2) is 64.7 Å². The lowest BCUT2D eigenvalue weighted by atomic mass is 9.98. The Balaban J connectivity index is 0.000000677. The molecule has 6 aromatic rings. The van der Waals surface area contributed by atoms with Crippen molar-refractivity contribution in [2.75, 3.05) is 46.2 Å². The van der Waals surface area contributed by atoms with Gasteiger partial charge >= 0.3 is 5.51 Å². The van der Waals surface area contributed by atoms with E-state index in [0.717, 1.165) is 28.6 Å². The molecule has 0 unspecified atom stereocenters. The Hall–Kier alpha value is -4.79. The molecule has 8 nitrogen and oxygen atoms in total. The van der Waals surface area contributed by atoms with E-state index in [1.165, 1.54) is 36.9 Å². The third-order valence-corrected chi connectivity index (χ3v) is 11.2. The highest BCUT2D eigenvalue weighted by Gasteiger charge is 2.37. The first-order valence-electron chi connectivity index (χ1n) is 18.0. The zero-order valence-electron chi connectivity index (χ0n) is 31.0. The van der Waals surface area contributed by atoms with Gasteiger partial charge in [0.2, 0.25) is 4.90 Å². The van der Waals surface area contributed by atoms with Crippen LogP contribution in [0.4, 0.5) is 13.2 Å². The summed E-state index contributed by atoms with van der Waals surface area (Å²) in [6.45, 7) is 8.10. The zero-order chi connectivity index (χ0) is 40.0. The lowest BCUT2D eigenvalue weighted by Gasteiger charge is -2.15. The van der Waals surface area contributed by atoms with E-state index in [2.05, 4.69) is 103 Å². The molecule has 0 heterocycles. The molecule has 0 saturated heterocycles. The van der Waals surface area contributed by atoms with Crippen LogP contribution in [0.2, 0.25) is 0 Å². The fourth-order valence-electron chi connectivity index (χ4n) is 5.72. The molecule has 0 bridgehead atoms. The second kappa shape index (κ2) is 20.4. The van der Waals surface area contributed by atoms with E-state index in [1.54, 1.807) is 0 Å². The summed E-state index contributed by atoms with van der Waals surface area (Å²) in [6, 6.07) is 44.9. The summed E-state index contributed by atoms with van der Waals surface area (Å²) in [6.07, 6.45) is 0.805. The number of hydrogen-bond acceptors (Lipinski definition) is 8. The van der Waals surface area contributed by atoms with Crippen LogP contribution in [0.5, 0.6) is 17.2 Å². The average molecular weight is 809 g/mol. The fraction of sp³-hybridized carbons (Fsp3) is 0.256. The maximum atomic E-state index is 10.7. The molecule has 0 aromatic heterocycles. The van der Waals surface area contributed by atoms with Gasteiger partial charge in [0.25, 0.3) is 0 Å². The van der Waals surface area contributed by atoms with Gasteiger partial charge in [-0.25, -0.2) is 8.42 Å². The lowest BCUT2D eigenvalue weighted by molar-refractivity contribution is -0.0517. The summed E-state index contributed by atoms with van der Waals surface area (Å²) < 4.78 is 88.3. The smallest absolute Gasteiger partial charge is 0.485 e. The van der Waals surface area contributed by atoms with E-state index in [9.17, 15) is 13.2 Å². The highest BCUT2D eigenvalue weighted by atomic mass is 32.2. The van der Waals surface area contributed by atoms with Gasteiger partial charge in [-0.3, -0.25) is 0 Å². The molecular weight excluding hydrogens is 766 g/mol. The molecule has 0 aliphatic carbocycles. The number of hydrogen-bond donors (Lipinski definition) is 0. The van der Waals surface area contributed by atoms with Crippen molar-refractivity contribution in [3.8, 4) is 17.2 Å². The predicted molar refractivity (Wildman–Crippen MR) is 212 cm³/mol. The molecule has 0 radical (unpaired) electrons. The quantitative estimate of drug-likeness (QED) is 0.0295. The van der Waals surface area contributed by atoms with Gasteiger partial charge in [0.1, 0.15) is 35.6 Å². The monoisotopic (exact) mass is 808 g/mol. The zero-order valence-corrected chi connectivity index (χ0v) is 32.6. The standard InChI is InChI=1S/C42H43O5S.CHF3O3S/c1-3-43-26-28-45-36-16-20-38(21-17-36)48(39-22-18-37(19-23-39)46-29-27-44-4-2)42-15-8-7-14-41(42)47-25-24-32-12-9-13-35-30-33-10-5-6-11-34(33)31-40(32)35;2-1(3,4)8(5,6)7/h5-23,30-31H,3-4,24-29H2,1-2H3;(H,5,6,7)/q+1;/p-1. The molecule has 6 aromatic carbocycles. The molecule has 296 valence electrons. The second-order valence-electron chi connectivity index (χ2n) is 12.1. The molecule has 0 amide bonds. The van der Waals surface area contributed by atoms with E-state index < -0.39 is 26.5 Å². The summed E-state index contributed by atoms with van der Waals surface area (Å²) in [7, 11) is -6.52. The molecule has 0 N–H and O–H groups in total. The minimum absolute atomic E-state index is 0.432. The van der Waals surface area contributed by atoms with Crippen LogP contribution in [-0.2, 0) is 36.9 Å². The highest BCUT2D eigenvalue weighted by Crippen LogP contribution is 2.38. The predicted octanol–water partition coefficient (Wildman–Crippen LogP) is 9.59. The van der Waals surface area contributed by atoms with Crippen molar-refractivity contribution in [2.24, 2.45) is 0 Å². The van der Waals surface area contributed by atoms with Crippen LogP contribution in [0.3, 0.4) is 0 Å². The topological polar surface area (TPSA) is 103 Å². The Bertz CT molecular complexity index is 2190. The van der Waals surface area contributed by atoms with Crippen molar-refractivity contribution in [3.63, 3.8) is 0 Å². The van der Waals surface area contributed by atoms with Crippen LogP contribution in [0, 0.1) is 0 Å². The number of para-hydroxylation sites is 1. The highest BCUT2D eigenvalue weighted by molar-refractivity contribution is 7.97. The third kappa shape index (κ3) is 11.9. The Morgan fingerprint density at radius 1 is 0.589 bits per heavy atom. The molecule has 13 heteroatoms. The van der Waals surface area contributed by atoms with Crippen LogP contribution in [0.25, 0.3) is 21.5 Å². The maximum Gasteiger partial charge on any atom is 0.485 e. The number of benzene rings is 6. The van der Waals surface area contributed by atoms with Gasteiger partial charge in [-0.05, 0) is 114 Å². The van der Waals surface area contributed by atoms with Crippen molar-refractivity contribution in [1.82, 2.24) is 0 Å². The lowest BCUT2D eigenvalue weighted by Crippen LogP contribution is -2.21. The summed E-state index contributed by atoms with van der Waals surface area (Å²) in [5.41, 5.74) is -4.36. The first-order chi connectivity index (χ1) is 27.0. The summed E-state index contributed by atoms with van der Waals surface area (Å²) in [5.74, 6) is 2.54. The van der Waals surface area contributed by atoms with E-state index in [4.69, 9.17) is 36.7 Å². The Kier molecular flexibility index (Phi) is 15.4. The summed E-state index contributed by atoms with van der Waals surface area (Å²) in [5, 5.41) is 5.04. The van der Waals surface area contributed by atoms with Gasteiger partial charge in [-0.2, -0.15) is 13.2 Å². The molecule has 6 rings (SSSR count). The normalized spacial score (nSPS) is 11.7. The van der Waals surface area contributed by atoms with Crippen LogP contribution in [0.1, 0.15) is 19.4 Å². The van der Waals surface area contributed by atoms with Crippen LogP contribution >= 0.6 is 0 Å². The minimum atomic E-state index is -6.09. The number of alkyl halides is 3. The number of ether oxygens (including phenoxy) is 5. The molecular formula is C43H43F3O8S2. The maximum absolute atomic E-state index is 10.7. The molecule has 0 saturated carbocycles. The minimum Gasteiger partial charge on any atom is -0.741 e.